The van der Waals surface area contributed by atoms with Crippen LogP contribution in [-0.2, 0) is 7.05 Å². The van der Waals surface area contributed by atoms with Crippen molar-refractivity contribution < 1.29 is 14.3 Å². The monoisotopic (exact) mass is 352 g/mol. The van der Waals surface area contributed by atoms with Crippen LogP contribution in [-0.4, -0.2) is 28.5 Å². The van der Waals surface area contributed by atoms with Gasteiger partial charge in [0.1, 0.15) is 5.69 Å². The molecule has 2 heterocycles. The van der Waals surface area contributed by atoms with Crippen molar-refractivity contribution >= 4 is 27.7 Å². The first-order chi connectivity index (χ1) is 10.0. The molecule has 2 N–H and O–H groups in total. The number of aromatic nitrogens is 2. The summed E-state index contributed by atoms with van der Waals surface area (Å²) in [5, 5.41) is 0. The Morgan fingerprint density at radius 1 is 1.29 bits per heavy atom. The molecule has 2 amide bonds. The Morgan fingerprint density at radius 2 is 2.00 bits per heavy atom. The Hall–Kier alpha value is -2.35. The average Bonchev–Trinajstić information content (AvgIpc) is 2.83. The van der Waals surface area contributed by atoms with Gasteiger partial charge in [-0.2, -0.15) is 0 Å². The minimum absolute atomic E-state index is 0.309. The molecule has 0 aliphatic carbocycles. The summed E-state index contributed by atoms with van der Waals surface area (Å²) in [5.74, 6) is -0.478. The van der Waals surface area contributed by atoms with Gasteiger partial charge >= 0.3 is 0 Å². The van der Waals surface area contributed by atoms with E-state index in [1.54, 1.807) is 36.0 Å². The van der Waals surface area contributed by atoms with Gasteiger partial charge in [-0.15, -0.1) is 0 Å². The summed E-state index contributed by atoms with van der Waals surface area (Å²) in [7, 11) is 3.22. The van der Waals surface area contributed by atoms with Crippen LogP contribution in [0.1, 0.15) is 20.8 Å². The van der Waals surface area contributed by atoms with Gasteiger partial charge < -0.3 is 9.30 Å². The van der Waals surface area contributed by atoms with Crippen LogP contribution in [0.15, 0.2) is 35.1 Å². The van der Waals surface area contributed by atoms with Gasteiger partial charge in [-0.1, -0.05) is 0 Å². The number of hydrogen-bond acceptors (Lipinski definition) is 4. The van der Waals surface area contributed by atoms with Crippen LogP contribution < -0.4 is 15.6 Å². The van der Waals surface area contributed by atoms with Gasteiger partial charge in [0, 0.05) is 30.0 Å². The second-order valence-corrected chi connectivity index (χ2v) is 5.07. The van der Waals surface area contributed by atoms with Crippen molar-refractivity contribution in [3.63, 3.8) is 0 Å². The van der Waals surface area contributed by atoms with Crippen LogP contribution in [0.5, 0.6) is 5.88 Å². The highest BCUT2D eigenvalue weighted by molar-refractivity contribution is 9.10. The number of rotatable bonds is 3. The number of nitrogens with one attached hydrogen (secondary N) is 2. The van der Waals surface area contributed by atoms with E-state index in [-0.39, 0.29) is 0 Å². The fourth-order valence-corrected chi connectivity index (χ4v) is 2.16. The number of carbonyl (C=O) groups is 2. The van der Waals surface area contributed by atoms with E-state index in [1.807, 2.05) is 0 Å². The molecule has 0 radical (unpaired) electrons. The number of pyridine rings is 1. The van der Waals surface area contributed by atoms with Gasteiger partial charge in [0.25, 0.3) is 11.8 Å². The first-order valence-electron chi connectivity index (χ1n) is 5.94. The minimum Gasteiger partial charge on any atom is -0.481 e. The van der Waals surface area contributed by atoms with Crippen molar-refractivity contribution in [2.75, 3.05) is 7.11 Å². The molecule has 0 atom stereocenters. The summed E-state index contributed by atoms with van der Waals surface area (Å²) >= 11 is 3.27. The molecule has 0 unspecified atom stereocenters. The molecule has 110 valence electrons. The molecule has 0 fully saturated rings. The predicted octanol–water partition coefficient (Wildman–Crippen LogP) is 1.27. The first kappa shape index (κ1) is 15.0. The molecule has 0 aromatic carbocycles. The zero-order chi connectivity index (χ0) is 15.4. The molecule has 0 spiro atoms. The van der Waals surface area contributed by atoms with E-state index in [2.05, 4.69) is 31.8 Å². The van der Waals surface area contributed by atoms with Crippen LogP contribution in [0, 0.1) is 0 Å². The van der Waals surface area contributed by atoms with Gasteiger partial charge in [0.05, 0.1) is 12.7 Å². The van der Waals surface area contributed by atoms with E-state index in [9.17, 15) is 9.59 Å². The lowest BCUT2D eigenvalue weighted by Crippen LogP contribution is -2.42. The van der Waals surface area contributed by atoms with Crippen LogP contribution in [0.3, 0.4) is 0 Å². The maximum Gasteiger partial charge on any atom is 0.286 e. The standard InChI is InChI=1S/C13H13BrN4O3/c1-18-7-9(14)5-10(18)13(20)17-16-12(19)8-3-4-11(21-2)15-6-8/h3-7H,1-2H3,(H,16,19)(H,17,20). The fraction of sp³-hybridized carbons (Fsp3) is 0.154. The lowest BCUT2D eigenvalue weighted by atomic mass is 10.3. The summed E-state index contributed by atoms with van der Waals surface area (Å²) < 4.78 is 7.32. The average molecular weight is 353 g/mol. The summed E-state index contributed by atoms with van der Waals surface area (Å²) in [6.45, 7) is 0. The topological polar surface area (TPSA) is 85.3 Å². The number of halogens is 1. The quantitative estimate of drug-likeness (QED) is 0.814. The third kappa shape index (κ3) is 3.60. The molecule has 7 nitrogen and oxygen atoms in total. The second kappa shape index (κ2) is 6.40. The van der Waals surface area contributed by atoms with Crippen LogP contribution >= 0.6 is 15.9 Å². The third-order valence-corrected chi connectivity index (χ3v) is 3.14. The Morgan fingerprint density at radius 3 is 2.52 bits per heavy atom. The molecule has 0 saturated carbocycles. The molecule has 0 bridgehead atoms. The molecule has 2 aromatic heterocycles. The fourth-order valence-electron chi connectivity index (χ4n) is 1.64. The Balaban J connectivity index is 1.97. The second-order valence-electron chi connectivity index (χ2n) is 4.15. The zero-order valence-electron chi connectivity index (χ0n) is 11.4. The molecule has 2 aromatic rings. The maximum absolute atomic E-state index is 11.9. The zero-order valence-corrected chi connectivity index (χ0v) is 13.0. The van der Waals surface area contributed by atoms with Crippen molar-refractivity contribution in [1.29, 1.82) is 0 Å². The summed E-state index contributed by atoms with van der Waals surface area (Å²) in [6.07, 6.45) is 3.10. The van der Waals surface area contributed by atoms with Crippen molar-refractivity contribution in [3.8, 4) is 5.88 Å². The number of aryl methyl sites for hydroxylation is 1. The molecular weight excluding hydrogens is 340 g/mol. The number of ether oxygens (including phenoxy) is 1. The Labute approximate surface area is 129 Å². The lowest BCUT2D eigenvalue weighted by molar-refractivity contribution is 0.0842. The minimum atomic E-state index is -0.466. The van der Waals surface area contributed by atoms with E-state index in [0.717, 1.165) is 4.47 Å². The summed E-state index contributed by atoms with van der Waals surface area (Å²) in [4.78, 5) is 27.7. The predicted molar refractivity (Wildman–Crippen MR) is 78.8 cm³/mol. The number of hydrogen-bond donors (Lipinski definition) is 2. The van der Waals surface area contributed by atoms with E-state index in [0.29, 0.717) is 17.1 Å². The third-order valence-electron chi connectivity index (χ3n) is 2.70. The molecule has 2 rings (SSSR count). The highest BCUT2D eigenvalue weighted by atomic mass is 79.9. The largest absolute Gasteiger partial charge is 0.481 e. The highest BCUT2D eigenvalue weighted by Crippen LogP contribution is 2.13. The summed E-state index contributed by atoms with van der Waals surface area (Å²) in [6, 6.07) is 4.76. The lowest BCUT2D eigenvalue weighted by Gasteiger charge is -2.08. The highest BCUT2D eigenvalue weighted by Gasteiger charge is 2.13. The van der Waals surface area contributed by atoms with Gasteiger partial charge in [0.15, 0.2) is 0 Å². The Bertz CT molecular complexity index is 667. The van der Waals surface area contributed by atoms with E-state index in [1.165, 1.54) is 13.3 Å². The molecule has 0 aliphatic rings. The van der Waals surface area contributed by atoms with Crippen LogP contribution in [0.2, 0.25) is 0 Å². The summed E-state index contributed by atoms with van der Waals surface area (Å²) in [5.41, 5.74) is 5.39. The van der Waals surface area contributed by atoms with Gasteiger partial charge in [-0.25, -0.2) is 4.98 Å². The van der Waals surface area contributed by atoms with Crippen molar-refractivity contribution in [2.45, 2.75) is 0 Å². The Kier molecular flexibility index (Phi) is 4.59. The van der Waals surface area contributed by atoms with E-state index in [4.69, 9.17) is 4.74 Å². The van der Waals surface area contributed by atoms with Crippen LogP contribution in [0.25, 0.3) is 0 Å². The number of nitrogens with zero attached hydrogens (tertiary/aromatic N) is 2. The number of carbonyl (C=O) groups excluding carboxylic acids is 2. The molecule has 8 heteroatoms. The first-order valence-corrected chi connectivity index (χ1v) is 6.73. The van der Waals surface area contributed by atoms with Gasteiger partial charge in [0.2, 0.25) is 5.88 Å². The van der Waals surface area contributed by atoms with E-state index >= 15 is 0 Å². The van der Waals surface area contributed by atoms with E-state index < -0.39 is 11.8 Å². The number of hydrazine groups is 1. The SMILES string of the molecule is COc1ccc(C(=O)NNC(=O)c2cc(Br)cn2C)cn1. The smallest absolute Gasteiger partial charge is 0.286 e. The van der Waals surface area contributed by atoms with Gasteiger partial charge in [-0.05, 0) is 28.1 Å². The van der Waals surface area contributed by atoms with Crippen molar-refractivity contribution in [2.24, 2.45) is 7.05 Å². The molecule has 0 saturated heterocycles. The van der Waals surface area contributed by atoms with Gasteiger partial charge in [-0.3, -0.25) is 20.4 Å². The van der Waals surface area contributed by atoms with Crippen molar-refractivity contribution in [1.82, 2.24) is 20.4 Å². The molecule has 21 heavy (non-hydrogen) atoms. The molecule has 0 aliphatic heterocycles. The normalized spacial score (nSPS) is 10.0. The van der Waals surface area contributed by atoms with Crippen LogP contribution in [0.4, 0.5) is 0 Å². The maximum atomic E-state index is 11.9. The molecular formula is C13H13BrN4O3. The van der Waals surface area contributed by atoms with Crippen molar-refractivity contribution in [3.05, 3.63) is 46.3 Å². The number of amides is 2. The number of methoxy groups -OCH3 is 1.